The van der Waals surface area contributed by atoms with Crippen molar-refractivity contribution in [2.24, 2.45) is 11.7 Å². The molecule has 0 bridgehead atoms. The second-order valence-electron chi connectivity index (χ2n) is 5.59. The largest absolute Gasteiger partial charge is 0.416 e. The molecule has 0 spiro atoms. The van der Waals surface area contributed by atoms with Gasteiger partial charge in [-0.05, 0) is 49.5 Å². The summed E-state index contributed by atoms with van der Waals surface area (Å²) in [6.07, 6.45) is -2.04. The van der Waals surface area contributed by atoms with Crippen molar-refractivity contribution in [2.75, 3.05) is 19.6 Å². The Balaban J connectivity index is 2.11. The standard InChI is InChI=1S/C15H21F3N2/c1-11-6-8-20(9-7-11)14(10-19)12-2-4-13(5-3-12)15(16,17)18/h2-5,11,14H,6-10,19H2,1H3/t14-/m0/s1. The minimum absolute atomic E-state index is 0.0183. The Bertz CT molecular complexity index is 420. The van der Waals surface area contributed by atoms with Gasteiger partial charge in [-0.25, -0.2) is 0 Å². The van der Waals surface area contributed by atoms with Crippen LogP contribution in [0.25, 0.3) is 0 Å². The zero-order valence-electron chi connectivity index (χ0n) is 11.7. The number of halogens is 3. The maximum absolute atomic E-state index is 12.6. The van der Waals surface area contributed by atoms with Gasteiger partial charge in [-0.15, -0.1) is 0 Å². The Labute approximate surface area is 117 Å². The molecule has 1 heterocycles. The van der Waals surface area contributed by atoms with E-state index in [1.54, 1.807) is 12.1 Å². The van der Waals surface area contributed by atoms with Crippen molar-refractivity contribution in [2.45, 2.75) is 32.0 Å². The van der Waals surface area contributed by atoms with Gasteiger partial charge in [0.15, 0.2) is 0 Å². The summed E-state index contributed by atoms with van der Waals surface area (Å²) in [6.45, 7) is 4.58. The second kappa shape index (κ2) is 6.14. The van der Waals surface area contributed by atoms with Crippen LogP contribution in [0.3, 0.4) is 0 Å². The van der Waals surface area contributed by atoms with Crippen LogP contribution in [0.1, 0.15) is 36.9 Å². The highest BCUT2D eigenvalue weighted by Gasteiger charge is 2.31. The Hall–Kier alpha value is -1.07. The van der Waals surface area contributed by atoms with Gasteiger partial charge >= 0.3 is 6.18 Å². The van der Waals surface area contributed by atoms with E-state index < -0.39 is 11.7 Å². The molecule has 1 atom stereocenters. The van der Waals surface area contributed by atoms with Crippen LogP contribution in [-0.4, -0.2) is 24.5 Å². The second-order valence-corrected chi connectivity index (χ2v) is 5.59. The fraction of sp³-hybridized carbons (Fsp3) is 0.600. The third-order valence-corrected chi connectivity index (χ3v) is 4.11. The number of alkyl halides is 3. The highest BCUT2D eigenvalue weighted by molar-refractivity contribution is 5.27. The van der Waals surface area contributed by atoms with Gasteiger partial charge in [0, 0.05) is 12.6 Å². The first kappa shape index (κ1) is 15.3. The van der Waals surface area contributed by atoms with E-state index in [2.05, 4.69) is 11.8 Å². The molecule has 5 heteroatoms. The highest BCUT2D eigenvalue weighted by atomic mass is 19.4. The lowest BCUT2D eigenvalue weighted by molar-refractivity contribution is -0.137. The van der Waals surface area contributed by atoms with E-state index in [1.807, 2.05) is 0 Å². The molecule has 112 valence electrons. The Kier molecular flexibility index (Phi) is 4.70. The molecule has 0 saturated carbocycles. The fourth-order valence-electron chi connectivity index (χ4n) is 2.73. The summed E-state index contributed by atoms with van der Waals surface area (Å²) < 4.78 is 37.7. The van der Waals surface area contributed by atoms with Gasteiger partial charge in [-0.2, -0.15) is 13.2 Å². The maximum Gasteiger partial charge on any atom is 0.416 e. The van der Waals surface area contributed by atoms with E-state index in [0.29, 0.717) is 6.54 Å². The minimum Gasteiger partial charge on any atom is -0.329 e. The van der Waals surface area contributed by atoms with Gasteiger partial charge in [0.2, 0.25) is 0 Å². The number of hydrogen-bond donors (Lipinski definition) is 1. The van der Waals surface area contributed by atoms with E-state index in [0.717, 1.165) is 49.5 Å². The number of piperidine rings is 1. The van der Waals surface area contributed by atoms with Crippen molar-refractivity contribution in [3.63, 3.8) is 0 Å². The lowest BCUT2D eigenvalue weighted by Crippen LogP contribution is -2.39. The summed E-state index contributed by atoms with van der Waals surface area (Å²) in [6, 6.07) is 5.41. The van der Waals surface area contributed by atoms with Crippen LogP contribution in [0.4, 0.5) is 13.2 Å². The molecule has 1 aliphatic heterocycles. The average Bonchev–Trinajstić information content (AvgIpc) is 2.41. The molecule has 1 saturated heterocycles. The van der Waals surface area contributed by atoms with Gasteiger partial charge in [0.25, 0.3) is 0 Å². The normalized spacial score (nSPS) is 20.1. The number of likely N-dealkylation sites (tertiary alicyclic amines) is 1. The van der Waals surface area contributed by atoms with E-state index in [4.69, 9.17) is 5.73 Å². The van der Waals surface area contributed by atoms with Crippen LogP contribution >= 0.6 is 0 Å². The van der Waals surface area contributed by atoms with Crippen LogP contribution in [0.15, 0.2) is 24.3 Å². The van der Waals surface area contributed by atoms with Crippen molar-refractivity contribution in [3.05, 3.63) is 35.4 Å². The third-order valence-electron chi connectivity index (χ3n) is 4.11. The molecule has 20 heavy (non-hydrogen) atoms. The van der Waals surface area contributed by atoms with Crippen molar-refractivity contribution < 1.29 is 13.2 Å². The molecular formula is C15H21F3N2. The number of hydrogen-bond acceptors (Lipinski definition) is 2. The van der Waals surface area contributed by atoms with Crippen molar-refractivity contribution in [3.8, 4) is 0 Å². The topological polar surface area (TPSA) is 29.3 Å². The molecule has 0 unspecified atom stereocenters. The van der Waals surface area contributed by atoms with Crippen molar-refractivity contribution in [1.29, 1.82) is 0 Å². The van der Waals surface area contributed by atoms with E-state index in [-0.39, 0.29) is 6.04 Å². The quantitative estimate of drug-likeness (QED) is 0.922. The summed E-state index contributed by atoms with van der Waals surface area (Å²) in [5.74, 6) is 0.720. The van der Waals surface area contributed by atoms with Crippen LogP contribution < -0.4 is 5.73 Å². The zero-order valence-corrected chi connectivity index (χ0v) is 11.7. The van der Waals surface area contributed by atoms with Gasteiger partial charge in [0.1, 0.15) is 0 Å². The Morgan fingerprint density at radius 2 is 1.75 bits per heavy atom. The zero-order chi connectivity index (χ0) is 14.8. The van der Waals surface area contributed by atoms with Crippen LogP contribution in [0, 0.1) is 5.92 Å². The molecular weight excluding hydrogens is 265 g/mol. The molecule has 1 aromatic rings. The number of benzene rings is 1. The summed E-state index contributed by atoms with van der Waals surface area (Å²) >= 11 is 0. The highest BCUT2D eigenvalue weighted by Crippen LogP contribution is 2.31. The molecule has 1 aromatic carbocycles. The van der Waals surface area contributed by atoms with Gasteiger partial charge in [-0.3, -0.25) is 4.90 Å². The first-order chi connectivity index (χ1) is 9.41. The lowest BCUT2D eigenvalue weighted by Gasteiger charge is -2.36. The predicted octanol–water partition coefficient (Wildman–Crippen LogP) is 3.44. The molecule has 1 fully saturated rings. The van der Waals surface area contributed by atoms with E-state index >= 15 is 0 Å². The third kappa shape index (κ3) is 3.52. The summed E-state index contributed by atoms with van der Waals surface area (Å²) in [4.78, 5) is 2.28. The predicted molar refractivity (Wildman–Crippen MR) is 73.2 cm³/mol. The molecule has 2 nitrogen and oxygen atoms in total. The summed E-state index contributed by atoms with van der Waals surface area (Å²) in [5.41, 5.74) is 6.09. The molecule has 0 aromatic heterocycles. The molecule has 2 N–H and O–H groups in total. The van der Waals surface area contributed by atoms with Crippen LogP contribution in [0.5, 0.6) is 0 Å². The molecule has 0 radical (unpaired) electrons. The number of nitrogens with zero attached hydrogens (tertiary/aromatic N) is 1. The number of rotatable bonds is 3. The van der Waals surface area contributed by atoms with Crippen LogP contribution in [-0.2, 0) is 6.18 Å². The van der Waals surface area contributed by atoms with Crippen molar-refractivity contribution in [1.82, 2.24) is 4.90 Å². The Morgan fingerprint density at radius 3 is 2.20 bits per heavy atom. The first-order valence-electron chi connectivity index (χ1n) is 7.03. The van der Waals surface area contributed by atoms with Gasteiger partial charge < -0.3 is 5.73 Å². The molecule has 2 rings (SSSR count). The van der Waals surface area contributed by atoms with Gasteiger partial charge in [-0.1, -0.05) is 19.1 Å². The van der Waals surface area contributed by atoms with E-state index in [9.17, 15) is 13.2 Å². The fourth-order valence-corrected chi connectivity index (χ4v) is 2.73. The molecule has 1 aliphatic rings. The minimum atomic E-state index is -4.28. The molecule has 0 amide bonds. The smallest absolute Gasteiger partial charge is 0.329 e. The summed E-state index contributed by atoms with van der Waals surface area (Å²) in [7, 11) is 0. The van der Waals surface area contributed by atoms with Crippen molar-refractivity contribution >= 4 is 0 Å². The summed E-state index contributed by atoms with van der Waals surface area (Å²) in [5, 5.41) is 0. The first-order valence-corrected chi connectivity index (χ1v) is 7.03. The lowest BCUT2D eigenvalue weighted by atomic mass is 9.95. The van der Waals surface area contributed by atoms with Crippen LogP contribution in [0.2, 0.25) is 0 Å². The Morgan fingerprint density at radius 1 is 1.20 bits per heavy atom. The average molecular weight is 286 g/mol. The van der Waals surface area contributed by atoms with E-state index in [1.165, 1.54) is 0 Å². The monoisotopic (exact) mass is 286 g/mol. The SMILES string of the molecule is CC1CCN([C@@H](CN)c2ccc(C(F)(F)F)cc2)CC1. The maximum atomic E-state index is 12.6. The van der Waals surface area contributed by atoms with Gasteiger partial charge in [0.05, 0.1) is 5.56 Å². The number of nitrogens with two attached hydrogens (primary N) is 1. The molecule has 0 aliphatic carbocycles.